The van der Waals surface area contributed by atoms with Crippen LogP contribution in [0.4, 0.5) is 0 Å². The van der Waals surface area contributed by atoms with Crippen LogP contribution >= 0.6 is 0 Å². The van der Waals surface area contributed by atoms with E-state index in [1.54, 1.807) is 10.9 Å². The summed E-state index contributed by atoms with van der Waals surface area (Å²) in [5.74, 6) is -0.709. The van der Waals surface area contributed by atoms with Crippen molar-refractivity contribution < 1.29 is 14.7 Å². The number of hydrogen-bond acceptors (Lipinski definition) is 3. The summed E-state index contributed by atoms with van der Waals surface area (Å²) in [4.78, 5) is 26.3. The third-order valence-electron chi connectivity index (χ3n) is 5.92. The van der Waals surface area contributed by atoms with E-state index in [1.807, 2.05) is 23.1 Å². The molecular weight excluding hydrogens is 330 g/mol. The Kier molecular flexibility index (Phi) is 4.26. The van der Waals surface area contributed by atoms with E-state index in [2.05, 4.69) is 17.2 Å². The van der Waals surface area contributed by atoms with E-state index in [1.165, 1.54) is 6.20 Å². The molecule has 0 bridgehead atoms. The lowest BCUT2D eigenvalue weighted by Crippen LogP contribution is -2.53. The molecule has 1 aromatic carbocycles. The number of benzene rings is 1. The summed E-state index contributed by atoms with van der Waals surface area (Å²) >= 11 is 0. The van der Waals surface area contributed by atoms with Crippen LogP contribution in [-0.4, -0.2) is 44.8 Å². The van der Waals surface area contributed by atoms with Crippen LogP contribution < -0.4 is 0 Å². The van der Waals surface area contributed by atoms with Gasteiger partial charge in [-0.2, -0.15) is 5.10 Å². The molecule has 2 aliphatic rings. The summed E-state index contributed by atoms with van der Waals surface area (Å²) < 4.78 is 1.74. The minimum atomic E-state index is -0.960. The Labute approximate surface area is 152 Å². The van der Waals surface area contributed by atoms with Gasteiger partial charge in [0.2, 0.25) is 5.91 Å². The Hall–Kier alpha value is -2.63. The minimum Gasteiger partial charge on any atom is -0.478 e. The van der Waals surface area contributed by atoms with Crippen LogP contribution in [0.3, 0.4) is 0 Å². The van der Waals surface area contributed by atoms with Gasteiger partial charge in [0.15, 0.2) is 0 Å². The van der Waals surface area contributed by atoms with E-state index in [0.29, 0.717) is 13.1 Å². The summed E-state index contributed by atoms with van der Waals surface area (Å²) in [7, 11) is 0. The fourth-order valence-corrected chi connectivity index (χ4v) is 4.20. The lowest BCUT2D eigenvalue weighted by atomic mass is 9.63. The maximum absolute atomic E-state index is 13.3. The summed E-state index contributed by atoms with van der Waals surface area (Å²) in [6, 6.07) is 10.3. The highest BCUT2D eigenvalue weighted by molar-refractivity contribution is 5.89. The molecule has 1 N–H and O–H groups in total. The van der Waals surface area contributed by atoms with Crippen LogP contribution in [-0.2, 0) is 10.2 Å². The van der Waals surface area contributed by atoms with Crippen molar-refractivity contribution in [1.29, 1.82) is 0 Å². The number of carbonyl (C=O) groups is 2. The molecule has 4 rings (SSSR count). The lowest BCUT2D eigenvalue weighted by molar-refractivity contribution is -0.142. The van der Waals surface area contributed by atoms with Crippen LogP contribution in [0.5, 0.6) is 0 Å². The van der Waals surface area contributed by atoms with Crippen molar-refractivity contribution >= 4 is 11.9 Å². The molecule has 2 fully saturated rings. The van der Waals surface area contributed by atoms with Crippen molar-refractivity contribution in [1.82, 2.24) is 14.7 Å². The fraction of sp³-hybridized carbons (Fsp3) is 0.450. The number of amides is 1. The Morgan fingerprint density at radius 3 is 2.35 bits per heavy atom. The molecular formula is C20H23N3O3. The van der Waals surface area contributed by atoms with Crippen molar-refractivity contribution in [2.75, 3.05) is 13.1 Å². The van der Waals surface area contributed by atoms with Crippen molar-refractivity contribution in [3.63, 3.8) is 0 Å². The summed E-state index contributed by atoms with van der Waals surface area (Å²) in [6.45, 7) is 1.39. The second-order valence-electron chi connectivity index (χ2n) is 7.34. The normalized spacial score (nSPS) is 19.8. The number of hydrogen-bond donors (Lipinski definition) is 1. The molecule has 2 aromatic rings. The summed E-state index contributed by atoms with van der Waals surface area (Å²) in [6.07, 6.45) is 7.53. The predicted octanol–water partition coefficient (Wildman–Crippen LogP) is 2.87. The Bertz CT molecular complexity index is 803. The molecule has 26 heavy (non-hydrogen) atoms. The van der Waals surface area contributed by atoms with Gasteiger partial charge in [-0.3, -0.25) is 9.48 Å². The summed E-state index contributed by atoms with van der Waals surface area (Å²) in [5.41, 5.74) is 1.01. The lowest BCUT2D eigenvalue weighted by Gasteiger charge is -2.45. The van der Waals surface area contributed by atoms with E-state index in [0.717, 1.165) is 37.7 Å². The molecule has 1 saturated carbocycles. The molecule has 6 nitrogen and oxygen atoms in total. The standard InChI is InChI=1S/C20H23N3O3/c24-18(25)15-13-21-23(14-15)17-7-11-22(12-8-17)19(26)20(9-4-10-20)16-5-2-1-3-6-16/h1-3,5-6,13-14,17H,4,7-12H2,(H,24,25). The van der Waals surface area contributed by atoms with Crippen LogP contribution in [0.15, 0.2) is 42.7 Å². The number of piperidine rings is 1. The van der Waals surface area contributed by atoms with Gasteiger partial charge in [0.05, 0.1) is 23.2 Å². The number of nitrogens with zero attached hydrogens (tertiary/aromatic N) is 3. The van der Waals surface area contributed by atoms with Gasteiger partial charge in [-0.25, -0.2) is 4.79 Å². The van der Waals surface area contributed by atoms with Gasteiger partial charge in [0.1, 0.15) is 0 Å². The second-order valence-corrected chi connectivity index (χ2v) is 7.34. The van der Waals surface area contributed by atoms with Crippen LogP contribution in [0.25, 0.3) is 0 Å². The molecule has 1 amide bonds. The van der Waals surface area contributed by atoms with Crippen molar-refractivity contribution in [3.8, 4) is 0 Å². The third kappa shape index (κ3) is 2.79. The summed E-state index contributed by atoms with van der Waals surface area (Å²) in [5, 5.41) is 13.2. The largest absolute Gasteiger partial charge is 0.478 e. The van der Waals surface area contributed by atoms with Gasteiger partial charge in [-0.1, -0.05) is 36.8 Å². The highest BCUT2D eigenvalue weighted by atomic mass is 16.4. The maximum atomic E-state index is 13.3. The van der Waals surface area contributed by atoms with Crippen molar-refractivity contribution in [2.24, 2.45) is 0 Å². The van der Waals surface area contributed by atoms with Gasteiger partial charge < -0.3 is 10.0 Å². The number of aromatic nitrogens is 2. The first-order chi connectivity index (χ1) is 12.6. The maximum Gasteiger partial charge on any atom is 0.338 e. The molecule has 0 spiro atoms. The quantitative estimate of drug-likeness (QED) is 0.917. The van der Waals surface area contributed by atoms with Gasteiger partial charge >= 0.3 is 5.97 Å². The van der Waals surface area contributed by atoms with E-state index in [4.69, 9.17) is 5.11 Å². The minimum absolute atomic E-state index is 0.154. The van der Waals surface area contributed by atoms with Crippen molar-refractivity contribution in [3.05, 3.63) is 53.9 Å². The second kappa shape index (κ2) is 6.59. The van der Waals surface area contributed by atoms with Gasteiger partial charge in [0.25, 0.3) is 0 Å². The zero-order valence-electron chi connectivity index (χ0n) is 14.7. The predicted molar refractivity (Wildman–Crippen MR) is 96.0 cm³/mol. The number of carboxylic acids is 1. The van der Waals surface area contributed by atoms with Crippen LogP contribution in [0.1, 0.15) is 54.1 Å². The van der Waals surface area contributed by atoms with Crippen LogP contribution in [0, 0.1) is 0 Å². The van der Waals surface area contributed by atoms with Crippen molar-refractivity contribution in [2.45, 2.75) is 43.6 Å². The molecule has 136 valence electrons. The molecule has 1 aromatic heterocycles. The first-order valence-corrected chi connectivity index (χ1v) is 9.22. The number of rotatable bonds is 4. The zero-order valence-corrected chi connectivity index (χ0v) is 14.7. The zero-order chi connectivity index (χ0) is 18.1. The fourth-order valence-electron chi connectivity index (χ4n) is 4.20. The number of carboxylic acid groups (broad SMARTS) is 1. The average Bonchev–Trinajstić information content (AvgIpc) is 3.12. The van der Waals surface area contributed by atoms with Gasteiger partial charge in [-0.05, 0) is 31.2 Å². The molecule has 2 heterocycles. The number of carbonyl (C=O) groups excluding carboxylic acids is 1. The molecule has 0 atom stereocenters. The smallest absolute Gasteiger partial charge is 0.338 e. The highest BCUT2D eigenvalue weighted by Gasteiger charge is 2.48. The number of likely N-dealkylation sites (tertiary alicyclic amines) is 1. The number of aromatic carboxylic acids is 1. The monoisotopic (exact) mass is 353 g/mol. The Morgan fingerprint density at radius 2 is 1.81 bits per heavy atom. The topological polar surface area (TPSA) is 75.4 Å². The van der Waals surface area contributed by atoms with Crippen LogP contribution in [0.2, 0.25) is 0 Å². The Balaban J connectivity index is 1.44. The SMILES string of the molecule is O=C(O)c1cnn(C2CCN(C(=O)C3(c4ccccc4)CCC3)CC2)c1. The van der Waals surface area contributed by atoms with E-state index >= 15 is 0 Å². The third-order valence-corrected chi connectivity index (χ3v) is 5.92. The molecule has 1 aliphatic carbocycles. The van der Waals surface area contributed by atoms with Gasteiger partial charge in [-0.15, -0.1) is 0 Å². The average molecular weight is 353 g/mol. The molecule has 1 saturated heterocycles. The van der Waals surface area contributed by atoms with E-state index in [-0.39, 0.29) is 22.9 Å². The molecule has 1 aliphatic heterocycles. The van der Waals surface area contributed by atoms with Gasteiger partial charge in [0, 0.05) is 19.3 Å². The first kappa shape index (κ1) is 16.8. The van der Waals surface area contributed by atoms with E-state index < -0.39 is 5.97 Å². The highest BCUT2D eigenvalue weighted by Crippen LogP contribution is 2.45. The van der Waals surface area contributed by atoms with E-state index in [9.17, 15) is 9.59 Å². The molecule has 0 radical (unpaired) electrons. The Morgan fingerprint density at radius 1 is 1.12 bits per heavy atom. The molecule has 6 heteroatoms. The molecule has 0 unspecified atom stereocenters. The first-order valence-electron chi connectivity index (χ1n) is 9.22.